The Labute approximate surface area is 267 Å². The highest BCUT2D eigenvalue weighted by atomic mass is 35.5. The van der Waals surface area contributed by atoms with Gasteiger partial charge >= 0.3 is 0 Å². The predicted molar refractivity (Wildman–Crippen MR) is 179 cm³/mol. The Hall–Kier alpha value is -5.17. The maximum Gasteiger partial charge on any atom is 0.221 e. The number of hydrogen-bond acceptors (Lipinski definition) is 6. The minimum absolute atomic E-state index is 0.0571. The summed E-state index contributed by atoms with van der Waals surface area (Å²) in [6, 6.07) is 44.3. The largest absolute Gasteiger partial charge is 0.491 e. The van der Waals surface area contributed by atoms with Crippen molar-refractivity contribution in [2.24, 2.45) is 0 Å². The van der Waals surface area contributed by atoms with Gasteiger partial charge in [0, 0.05) is 23.1 Å². The molecule has 0 saturated heterocycles. The zero-order chi connectivity index (χ0) is 31.0. The lowest BCUT2D eigenvalue weighted by molar-refractivity contribution is -0.112. The lowest BCUT2D eigenvalue weighted by Crippen LogP contribution is -2.18. The van der Waals surface area contributed by atoms with Crippen LogP contribution in [0.2, 0.25) is 0 Å². The summed E-state index contributed by atoms with van der Waals surface area (Å²) < 4.78 is 5.71. The van der Waals surface area contributed by atoms with Crippen molar-refractivity contribution in [2.75, 3.05) is 6.61 Å². The van der Waals surface area contributed by atoms with Crippen LogP contribution in [-0.4, -0.2) is 38.0 Å². The number of rotatable bonds is 11. The molecule has 0 bridgehead atoms. The average molecular weight is 612 g/mol. The van der Waals surface area contributed by atoms with E-state index in [0.717, 1.165) is 38.9 Å². The molecule has 0 aliphatic heterocycles. The summed E-state index contributed by atoms with van der Waals surface area (Å²) >= 11 is 5.37. The van der Waals surface area contributed by atoms with Gasteiger partial charge in [-0.05, 0) is 64.5 Å². The van der Waals surface area contributed by atoms with Crippen molar-refractivity contribution in [2.45, 2.75) is 18.9 Å². The van der Waals surface area contributed by atoms with Gasteiger partial charge in [0.1, 0.15) is 12.4 Å². The first-order chi connectivity index (χ1) is 22.0. The summed E-state index contributed by atoms with van der Waals surface area (Å²) in [5.41, 5.74) is 7.06. The zero-order valence-corrected chi connectivity index (χ0v) is 25.1. The van der Waals surface area contributed by atoms with E-state index >= 15 is 0 Å². The lowest BCUT2D eigenvalue weighted by atomic mass is 10.0. The standard InChI is InChI=1S/C38H30ClN3O3/c39-35(44)24-21-33(43)25-45-34-22-19-32(20-23-34)38-41-36(30-15-11-28(12-16-30)26-7-3-1-4-8-26)40-37(42-38)31-17-13-29(14-18-31)27-9-5-2-6-10-27/h1-20,22-23,33,43H,21,24-25H2. The van der Waals surface area contributed by atoms with E-state index in [9.17, 15) is 9.90 Å². The summed E-state index contributed by atoms with van der Waals surface area (Å²) in [4.78, 5) is 25.6. The Morgan fingerprint density at radius 1 is 0.556 bits per heavy atom. The fourth-order valence-corrected chi connectivity index (χ4v) is 5.01. The van der Waals surface area contributed by atoms with Gasteiger partial charge in [0.05, 0.1) is 6.10 Å². The molecule has 1 heterocycles. The molecule has 0 fully saturated rings. The van der Waals surface area contributed by atoms with E-state index in [0.29, 0.717) is 23.2 Å². The van der Waals surface area contributed by atoms with Gasteiger partial charge in [-0.1, -0.05) is 109 Å². The highest BCUT2D eigenvalue weighted by Gasteiger charge is 2.14. The molecule has 0 spiro atoms. The Morgan fingerprint density at radius 2 is 0.911 bits per heavy atom. The van der Waals surface area contributed by atoms with E-state index in [1.807, 2.05) is 72.8 Å². The number of carbonyl (C=O) groups is 1. The Bertz CT molecular complexity index is 1760. The van der Waals surface area contributed by atoms with E-state index in [4.69, 9.17) is 31.3 Å². The van der Waals surface area contributed by atoms with Gasteiger partial charge in [-0.3, -0.25) is 4.79 Å². The topological polar surface area (TPSA) is 85.2 Å². The smallest absolute Gasteiger partial charge is 0.221 e. The van der Waals surface area contributed by atoms with Crippen LogP contribution >= 0.6 is 11.6 Å². The number of aromatic nitrogens is 3. The first-order valence-electron chi connectivity index (χ1n) is 14.7. The van der Waals surface area contributed by atoms with Gasteiger partial charge in [0.25, 0.3) is 0 Å². The first kappa shape index (κ1) is 29.9. The van der Waals surface area contributed by atoms with Gasteiger partial charge < -0.3 is 9.84 Å². The molecule has 0 saturated carbocycles. The van der Waals surface area contributed by atoms with Crippen molar-refractivity contribution in [1.82, 2.24) is 15.0 Å². The predicted octanol–water partition coefficient (Wildman–Crippen LogP) is 8.49. The van der Waals surface area contributed by atoms with Crippen LogP contribution in [0.3, 0.4) is 0 Å². The van der Waals surface area contributed by atoms with Gasteiger partial charge in [0.15, 0.2) is 17.5 Å². The summed E-state index contributed by atoms with van der Waals surface area (Å²) in [5.74, 6) is 2.25. The molecular formula is C38H30ClN3O3. The highest BCUT2D eigenvalue weighted by Crippen LogP contribution is 2.29. The highest BCUT2D eigenvalue weighted by molar-refractivity contribution is 6.63. The molecule has 6 rings (SSSR count). The SMILES string of the molecule is O=C(Cl)CCC(O)COc1ccc(-c2nc(-c3ccc(-c4ccccc4)cc3)nc(-c3ccc(-c4ccccc4)cc3)n2)cc1. The van der Waals surface area contributed by atoms with Crippen LogP contribution in [0.1, 0.15) is 12.8 Å². The third-order valence-corrected chi connectivity index (χ3v) is 7.55. The van der Waals surface area contributed by atoms with Crippen molar-refractivity contribution in [3.8, 4) is 62.2 Å². The van der Waals surface area contributed by atoms with Gasteiger partial charge in [-0.25, -0.2) is 15.0 Å². The molecule has 0 radical (unpaired) electrons. The van der Waals surface area contributed by atoms with Gasteiger partial charge in [-0.2, -0.15) is 0 Å². The summed E-state index contributed by atoms with van der Waals surface area (Å²) in [6.07, 6.45) is -0.447. The maximum atomic E-state index is 11.0. The Balaban J connectivity index is 1.30. The molecule has 1 N–H and O–H groups in total. The molecule has 222 valence electrons. The Morgan fingerprint density at radius 3 is 1.31 bits per heavy atom. The number of aliphatic hydroxyl groups is 1. The molecule has 0 amide bonds. The molecule has 0 aliphatic rings. The second-order valence-corrected chi connectivity index (χ2v) is 11.0. The molecule has 0 aliphatic carbocycles. The molecule has 6 aromatic rings. The molecule has 1 unspecified atom stereocenters. The molecular weight excluding hydrogens is 582 g/mol. The molecule has 6 nitrogen and oxygen atoms in total. The lowest BCUT2D eigenvalue weighted by Gasteiger charge is -2.12. The van der Waals surface area contributed by atoms with Crippen LogP contribution in [0.15, 0.2) is 133 Å². The summed E-state index contributed by atoms with van der Waals surface area (Å²) in [5, 5.41) is 9.59. The van der Waals surface area contributed by atoms with Crippen LogP contribution in [0, 0.1) is 0 Å². The minimum Gasteiger partial charge on any atom is -0.491 e. The third-order valence-electron chi connectivity index (χ3n) is 7.36. The van der Waals surface area contributed by atoms with Gasteiger partial charge in [-0.15, -0.1) is 0 Å². The number of ether oxygens (including phenoxy) is 1. The van der Waals surface area contributed by atoms with Crippen molar-refractivity contribution in [3.05, 3.63) is 133 Å². The zero-order valence-electron chi connectivity index (χ0n) is 24.4. The van der Waals surface area contributed by atoms with Crippen LogP contribution < -0.4 is 4.74 Å². The maximum absolute atomic E-state index is 11.0. The van der Waals surface area contributed by atoms with E-state index in [-0.39, 0.29) is 19.4 Å². The number of nitrogens with zero attached hydrogens (tertiary/aromatic N) is 3. The summed E-state index contributed by atoms with van der Waals surface area (Å²) in [7, 11) is 0. The van der Waals surface area contributed by atoms with Crippen molar-refractivity contribution >= 4 is 16.8 Å². The number of hydrogen-bond donors (Lipinski definition) is 1. The van der Waals surface area contributed by atoms with Crippen molar-refractivity contribution in [3.63, 3.8) is 0 Å². The number of benzene rings is 5. The van der Waals surface area contributed by atoms with Crippen LogP contribution in [0.4, 0.5) is 0 Å². The van der Waals surface area contributed by atoms with E-state index < -0.39 is 11.3 Å². The van der Waals surface area contributed by atoms with E-state index in [1.54, 1.807) is 12.1 Å². The van der Waals surface area contributed by atoms with E-state index in [2.05, 4.69) is 48.5 Å². The third kappa shape index (κ3) is 7.68. The fraction of sp³-hybridized carbons (Fsp3) is 0.105. The quantitative estimate of drug-likeness (QED) is 0.148. The molecule has 1 atom stereocenters. The monoisotopic (exact) mass is 611 g/mol. The molecule has 7 heteroatoms. The molecule has 45 heavy (non-hydrogen) atoms. The fourth-order valence-electron chi connectivity index (χ4n) is 4.90. The molecule has 5 aromatic carbocycles. The van der Waals surface area contributed by atoms with Crippen LogP contribution in [0.25, 0.3) is 56.4 Å². The van der Waals surface area contributed by atoms with Crippen LogP contribution in [-0.2, 0) is 4.79 Å². The van der Waals surface area contributed by atoms with Crippen LogP contribution in [0.5, 0.6) is 5.75 Å². The normalized spacial score (nSPS) is 11.6. The molecule has 1 aromatic heterocycles. The second kappa shape index (κ2) is 14.1. The average Bonchev–Trinajstić information content (AvgIpc) is 3.11. The van der Waals surface area contributed by atoms with E-state index in [1.165, 1.54) is 0 Å². The number of halogens is 1. The number of carbonyl (C=O) groups excluding carboxylic acids is 1. The summed E-state index contributed by atoms with van der Waals surface area (Å²) in [6.45, 7) is 0.0571. The first-order valence-corrected chi connectivity index (χ1v) is 15.1. The van der Waals surface area contributed by atoms with Crippen molar-refractivity contribution in [1.29, 1.82) is 0 Å². The second-order valence-electron chi connectivity index (χ2n) is 10.6. The van der Waals surface area contributed by atoms with Gasteiger partial charge in [0.2, 0.25) is 5.24 Å². The Kier molecular flexibility index (Phi) is 9.35. The van der Waals surface area contributed by atoms with Crippen molar-refractivity contribution < 1.29 is 14.6 Å². The minimum atomic E-state index is -0.789. The number of aliphatic hydroxyl groups excluding tert-OH is 1.